The van der Waals surface area contributed by atoms with E-state index in [1.54, 1.807) is 9.36 Å². The van der Waals surface area contributed by atoms with Crippen molar-refractivity contribution in [3.05, 3.63) is 73.3 Å². The van der Waals surface area contributed by atoms with Gasteiger partial charge in [-0.25, -0.2) is 18.9 Å². The fraction of sp³-hybridized carbons (Fsp3) is 0.294. The monoisotopic (exact) mass is 833 g/mol. The molecule has 0 saturated heterocycles. The summed E-state index contributed by atoms with van der Waals surface area (Å²) >= 11 is 8.17. The van der Waals surface area contributed by atoms with E-state index in [2.05, 4.69) is 29.7 Å². The summed E-state index contributed by atoms with van der Waals surface area (Å²) in [5.74, 6) is -1.74. The molecule has 56 heavy (non-hydrogen) atoms. The molecule has 0 atom stereocenters. The molecule has 0 saturated carbocycles. The number of benzene rings is 2. The van der Waals surface area contributed by atoms with Crippen molar-refractivity contribution in [2.45, 2.75) is 30.8 Å². The lowest BCUT2D eigenvalue weighted by atomic mass is 10.2. The zero-order valence-electron chi connectivity index (χ0n) is 30.3. The molecule has 0 bridgehead atoms. The molecule has 2 aromatic carbocycles. The normalized spacial score (nSPS) is 12.1. The number of rotatable bonds is 13. The Balaban J connectivity index is 0.000000219. The zero-order chi connectivity index (χ0) is 40.4. The van der Waals surface area contributed by atoms with Gasteiger partial charge in [0.15, 0.2) is 0 Å². The van der Waals surface area contributed by atoms with Crippen molar-refractivity contribution in [2.24, 2.45) is 4.99 Å². The number of hydrogen-bond donors (Lipinski definition) is 1. The van der Waals surface area contributed by atoms with E-state index in [1.807, 2.05) is 0 Å². The molecule has 1 aliphatic rings. The number of thioether (sulfide) groups is 1. The van der Waals surface area contributed by atoms with Crippen molar-refractivity contribution in [1.29, 1.82) is 0 Å². The van der Waals surface area contributed by atoms with Crippen LogP contribution in [0.4, 0.5) is 10.1 Å². The van der Waals surface area contributed by atoms with Crippen LogP contribution in [-0.2, 0) is 22.6 Å². The number of aromatic nitrogens is 6. The van der Waals surface area contributed by atoms with E-state index < -0.39 is 17.8 Å². The van der Waals surface area contributed by atoms with Crippen LogP contribution >= 0.6 is 34.7 Å². The van der Waals surface area contributed by atoms with E-state index in [0.29, 0.717) is 22.8 Å². The summed E-state index contributed by atoms with van der Waals surface area (Å²) in [6.07, 6.45) is 1.90. The quantitative estimate of drug-likeness (QED) is 0.117. The topological polar surface area (TPSA) is 210 Å². The van der Waals surface area contributed by atoms with Crippen LogP contribution < -0.4 is 38.1 Å². The summed E-state index contributed by atoms with van der Waals surface area (Å²) in [7, 11) is 6.93. The van der Waals surface area contributed by atoms with Gasteiger partial charge < -0.3 is 38.3 Å². The van der Waals surface area contributed by atoms with Crippen LogP contribution in [-0.4, -0.2) is 87.6 Å². The lowest BCUT2D eigenvalue weighted by Crippen LogP contribution is -2.31. The highest BCUT2D eigenvalue weighted by molar-refractivity contribution is 8.00. The van der Waals surface area contributed by atoms with Gasteiger partial charge in [0.2, 0.25) is 28.3 Å². The number of esters is 1. The fourth-order valence-corrected chi connectivity index (χ4v) is 6.78. The molecule has 22 heteroatoms. The van der Waals surface area contributed by atoms with Gasteiger partial charge in [0.05, 0.1) is 58.5 Å². The molecule has 1 N–H and O–H groups in total. The Kier molecular flexibility index (Phi) is 14.1. The third-order valence-electron chi connectivity index (χ3n) is 7.44. The molecule has 0 spiro atoms. The second-order valence-corrected chi connectivity index (χ2v) is 13.3. The lowest BCUT2D eigenvalue weighted by Gasteiger charge is -2.15. The summed E-state index contributed by atoms with van der Waals surface area (Å²) in [6, 6.07) is 9.51. The SMILES string of the molecule is COC(=O)CSc1cc(N=c2sc(=O)n3n2CCCC3)c(F)cc1Cl.COc1cc(OC)nc(Oc2cccc(Oc3nc(OC)cc(OC)n3)c2C(=O)O)n1. The van der Waals surface area contributed by atoms with Crippen molar-refractivity contribution in [3.8, 4) is 47.0 Å². The van der Waals surface area contributed by atoms with E-state index in [0.717, 1.165) is 42.0 Å². The Morgan fingerprint density at radius 2 is 1.38 bits per heavy atom. The molecule has 0 fully saturated rings. The van der Waals surface area contributed by atoms with E-state index >= 15 is 0 Å². The maximum absolute atomic E-state index is 14.3. The Hall–Kier alpha value is -5.93. The number of carboxylic acid groups (broad SMARTS) is 1. The van der Waals surface area contributed by atoms with E-state index in [9.17, 15) is 23.9 Å². The highest BCUT2D eigenvalue weighted by Crippen LogP contribution is 2.35. The molecule has 0 amide bonds. The number of aromatic carboxylic acids is 1. The molecule has 296 valence electrons. The number of carbonyl (C=O) groups excluding carboxylic acids is 1. The predicted octanol–water partition coefficient (Wildman–Crippen LogP) is 5.38. The number of carbonyl (C=O) groups is 2. The van der Waals surface area contributed by atoms with E-state index in [1.165, 1.54) is 71.9 Å². The molecule has 1 aliphatic heterocycles. The Labute approximate surface area is 330 Å². The number of fused-ring (bicyclic) bond motifs is 1. The minimum atomic E-state index is -1.32. The van der Waals surface area contributed by atoms with Gasteiger partial charge in [-0.15, -0.1) is 11.8 Å². The van der Waals surface area contributed by atoms with Crippen molar-refractivity contribution in [3.63, 3.8) is 0 Å². The number of carboxylic acids is 1. The molecule has 18 nitrogen and oxygen atoms in total. The smallest absolute Gasteiger partial charge is 0.343 e. The minimum absolute atomic E-state index is 0.0605. The van der Waals surface area contributed by atoms with Crippen LogP contribution in [0, 0.1) is 5.82 Å². The number of halogens is 2. The zero-order valence-corrected chi connectivity index (χ0v) is 32.7. The van der Waals surface area contributed by atoms with Crippen molar-refractivity contribution >= 4 is 52.3 Å². The maximum atomic E-state index is 14.3. The van der Waals surface area contributed by atoms with Gasteiger partial charge >= 0.3 is 28.8 Å². The average Bonchev–Trinajstić information content (AvgIpc) is 3.52. The molecule has 0 aliphatic carbocycles. The van der Waals surface area contributed by atoms with Crippen LogP contribution in [0.1, 0.15) is 23.2 Å². The van der Waals surface area contributed by atoms with Gasteiger partial charge in [-0.2, -0.15) is 19.9 Å². The molecule has 5 aromatic rings. The minimum Gasteiger partial charge on any atom is -0.481 e. The standard InChI is InChI=1S/C19H18N4O8.C15H15ClFN3O3S2/c1-26-12-8-13(27-2)21-18(20-12)30-10-6-5-7-11(16(10)17(24)25)31-19-22-14(28-3)9-15(23-19)29-4;1-23-13(21)8-24-12-7-11(10(17)6-9(12)16)18-14-19-4-2-3-5-20(19)15(22)25-14/h5-9H,1-4H3,(H,24,25);6-7H,2-5,8H2,1H3. The Morgan fingerprint density at radius 3 is 1.86 bits per heavy atom. The van der Waals surface area contributed by atoms with Crippen LogP contribution in [0.5, 0.6) is 47.0 Å². The molecule has 6 rings (SSSR count). The molecule has 0 unspecified atom stereocenters. The lowest BCUT2D eigenvalue weighted by molar-refractivity contribution is -0.137. The second-order valence-electron chi connectivity index (χ2n) is 10.9. The van der Waals surface area contributed by atoms with Gasteiger partial charge in [-0.05, 0) is 48.4 Å². The largest absolute Gasteiger partial charge is 0.481 e. The highest BCUT2D eigenvalue weighted by atomic mass is 35.5. The van der Waals surface area contributed by atoms with Gasteiger partial charge in [-0.1, -0.05) is 17.7 Å². The first kappa shape index (κ1) is 41.2. The van der Waals surface area contributed by atoms with Crippen molar-refractivity contribution < 1.29 is 52.2 Å². The second kappa shape index (κ2) is 19.1. The molecule has 3 aromatic heterocycles. The van der Waals surface area contributed by atoms with Crippen molar-refractivity contribution in [1.82, 2.24) is 29.3 Å². The number of methoxy groups -OCH3 is 5. The van der Waals surface area contributed by atoms with Gasteiger partial charge in [-0.3, -0.25) is 14.3 Å². The Morgan fingerprint density at radius 1 is 0.857 bits per heavy atom. The first-order valence-electron chi connectivity index (χ1n) is 16.2. The average molecular weight is 834 g/mol. The fourth-order valence-electron chi connectivity index (χ4n) is 4.80. The van der Waals surface area contributed by atoms with Crippen molar-refractivity contribution in [2.75, 3.05) is 41.3 Å². The van der Waals surface area contributed by atoms with Gasteiger partial charge in [0.1, 0.15) is 28.6 Å². The Bertz CT molecular complexity index is 2240. The first-order chi connectivity index (χ1) is 27.0. The molecule has 4 heterocycles. The summed E-state index contributed by atoms with van der Waals surface area (Å²) < 4.78 is 53.7. The van der Waals surface area contributed by atoms with Crippen LogP contribution in [0.2, 0.25) is 5.02 Å². The summed E-state index contributed by atoms with van der Waals surface area (Å²) in [5, 5.41) is 9.96. The van der Waals surface area contributed by atoms with Crippen LogP contribution in [0.15, 0.2) is 57.1 Å². The van der Waals surface area contributed by atoms with Crippen LogP contribution in [0.25, 0.3) is 0 Å². The third-order valence-corrected chi connectivity index (χ3v) is 9.76. The van der Waals surface area contributed by atoms with Gasteiger partial charge in [0.25, 0.3) is 0 Å². The summed E-state index contributed by atoms with van der Waals surface area (Å²) in [4.78, 5) is 56.6. The summed E-state index contributed by atoms with van der Waals surface area (Å²) in [5.41, 5.74) is -0.224. The number of nitrogens with zero attached hydrogens (tertiary/aromatic N) is 7. The predicted molar refractivity (Wildman–Crippen MR) is 199 cm³/mol. The molecular formula is C34H33ClFN7O11S2. The number of ether oxygens (including phenoxy) is 7. The van der Waals surface area contributed by atoms with E-state index in [-0.39, 0.29) is 73.9 Å². The summed E-state index contributed by atoms with van der Waals surface area (Å²) in [6.45, 7) is 1.32. The molecule has 0 radical (unpaired) electrons. The highest BCUT2D eigenvalue weighted by Gasteiger charge is 2.22. The van der Waals surface area contributed by atoms with Gasteiger partial charge in [0, 0.05) is 18.0 Å². The van der Waals surface area contributed by atoms with E-state index in [4.69, 9.17) is 40.0 Å². The molecular weight excluding hydrogens is 801 g/mol. The third kappa shape index (κ3) is 10.2. The van der Waals surface area contributed by atoms with Crippen LogP contribution in [0.3, 0.4) is 0 Å². The number of hydrogen-bond acceptors (Lipinski definition) is 17. The maximum Gasteiger partial charge on any atom is 0.343 e. The first-order valence-corrected chi connectivity index (χ1v) is 18.3.